The number of aryl methyl sites for hydroxylation is 2. The van der Waals surface area contributed by atoms with Gasteiger partial charge in [0.05, 0.1) is 19.1 Å². The SMILES string of the molecule is COc1cccc(CCc2c[nH]cn2)c1. The molecule has 0 aliphatic heterocycles. The summed E-state index contributed by atoms with van der Waals surface area (Å²) in [6.07, 6.45) is 5.58. The Balaban J connectivity index is 1.98. The van der Waals surface area contributed by atoms with E-state index in [9.17, 15) is 0 Å². The van der Waals surface area contributed by atoms with Crippen LogP contribution in [0, 0.1) is 0 Å². The predicted octanol–water partition coefficient (Wildman–Crippen LogP) is 2.20. The smallest absolute Gasteiger partial charge is 0.119 e. The monoisotopic (exact) mass is 202 g/mol. The van der Waals surface area contributed by atoms with Crippen LogP contribution in [0.1, 0.15) is 11.3 Å². The number of hydrogen-bond acceptors (Lipinski definition) is 2. The third kappa shape index (κ3) is 2.59. The zero-order chi connectivity index (χ0) is 10.5. The number of imidazole rings is 1. The summed E-state index contributed by atoms with van der Waals surface area (Å²) in [7, 11) is 1.69. The van der Waals surface area contributed by atoms with Gasteiger partial charge in [-0.25, -0.2) is 4.98 Å². The van der Waals surface area contributed by atoms with Crippen molar-refractivity contribution in [2.75, 3.05) is 7.11 Å². The lowest BCUT2D eigenvalue weighted by Crippen LogP contribution is -1.92. The van der Waals surface area contributed by atoms with Crippen molar-refractivity contribution in [3.8, 4) is 5.75 Å². The molecule has 0 aliphatic rings. The second kappa shape index (κ2) is 4.64. The predicted molar refractivity (Wildman–Crippen MR) is 59.0 cm³/mol. The standard InChI is InChI=1S/C12H14N2O/c1-15-12-4-2-3-10(7-12)5-6-11-8-13-9-14-11/h2-4,7-9H,5-6H2,1H3,(H,13,14). The summed E-state index contributed by atoms with van der Waals surface area (Å²) in [5, 5.41) is 0. The molecule has 78 valence electrons. The van der Waals surface area contributed by atoms with Gasteiger partial charge in [-0.2, -0.15) is 0 Å². The van der Waals surface area contributed by atoms with Gasteiger partial charge < -0.3 is 9.72 Å². The summed E-state index contributed by atoms with van der Waals surface area (Å²) >= 11 is 0. The first-order valence-electron chi connectivity index (χ1n) is 4.99. The van der Waals surface area contributed by atoms with Crippen molar-refractivity contribution in [2.24, 2.45) is 0 Å². The van der Waals surface area contributed by atoms with Gasteiger partial charge in [-0.05, 0) is 30.5 Å². The fourth-order valence-corrected chi connectivity index (χ4v) is 1.53. The Kier molecular flexibility index (Phi) is 3.02. The molecular weight excluding hydrogens is 188 g/mol. The van der Waals surface area contributed by atoms with E-state index in [0.717, 1.165) is 24.3 Å². The molecule has 0 amide bonds. The summed E-state index contributed by atoms with van der Waals surface area (Å²) < 4.78 is 5.17. The Morgan fingerprint density at radius 3 is 3.00 bits per heavy atom. The van der Waals surface area contributed by atoms with E-state index in [0.29, 0.717) is 0 Å². The lowest BCUT2D eigenvalue weighted by atomic mass is 10.1. The van der Waals surface area contributed by atoms with E-state index in [2.05, 4.69) is 22.1 Å². The van der Waals surface area contributed by atoms with Gasteiger partial charge in [0.15, 0.2) is 0 Å². The number of aromatic nitrogens is 2. The molecule has 0 spiro atoms. The van der Waals surface area contributed by atoms with Crippen molar-refractivity contribution in [1.82, 2.24) is 9.97 Å². The average molecular weight is 202 g/mol. The van der Waals surface area contributed by atoms with Crippen LogP contribution in [0.25, 0.3) is 0 Å². The van der Waals surface area contributed by atoms with E-state index >= 15 is 0 Å². The number of nitrogens with zero attached hydrogens (tertiary/aromatic N) is 1. The van der Waals surface area contributed by atoms with Crippen LogP contribution in [-0.2, 0) is 12.8 Å². The number of aromatic amines is 1. The normalized spacial score (nSPS) is 10.2. The topological polar surface area (TPSA) is 37.9 Å². The maximum Gasteiger partial charge on any atom is 0.119 e. The summed E-state index contributed by atoms with van der Waals surface area (Å²) in [4.78, 5) is 7.14. The fourth-order valence-electron chi connectivity index (χ4n) is 1.53. The highest BCUT2D eigenvalue weighted by molar-refractivity contribution is 5.28. The molecule has 0 saturated heterocycles. The summed E-state index contributed by atoms with van der Waals surface area (Å²) in [5.41, 5.74) is 2.37. The maximum atomic E-state index is 5.17. The van der Waals surface area contributed by atoms with Gasteiger partial charge in [-0.1, -0.05) is 12.1 Å². The Morgan fingerprint density at radius 1 is 1.33 bits per heavy atom. The second-order valence-corrected chi connectivity index (χ2v) is 3.41. The van der Waals surface area contributed by atoms with E-state index in [1.165, 1.54) is 5.56 Å². The maximum absolute atomic E-state index is 5.17. The number of benzene rings is 1. The van der Waals surface area contributed by atoms with Crippen molar-refractivity contribution in [1.29, 1.82) is 0 Å². The first-order valence-corrected chi connectivity index (χ1v) is 4.99. The van der Waals surface area contributed by atoms with Crippen molar-refractivity contribution in [2.45, 2.75) is 12.8 Å². The summed E-state index contributed by atoms with van der Waals surface area (Å²) in [5.74, 6) is 0.912. The lowest BCUT2D eigenvalue weighted by molar-refractivity contribution is 0.414. The van der Waals surface area contributed by atoms with Crippen LogP contribution in [0.4, 0.5) is 0 Å². The molecule has 3 nitrogen and oxygen atoms in total. The van der Waals surface area contributed by atoms with Gasteiger partial charge >= 0.3 is 0 Å². The third-order valence-electron chi connectivity index (χ3n) is 2.36. The lowest BCUT2D eigenvalue weighted by Gasteiger charge is -2.03. The van der Waals surface area contributed by atoms with Crippen LogP contribution in [0.5, 0.6) is 5.75 Å². The van der Waals surface area contributed by atoms with Crippen molar-refractivity contribution in [3.63, 3.8) is 0 Å². The second-order valence-electron chi connectivity index (χ2n) is 3.41. The number of methoxy groups -OCH3 is 1. The largest absolute Gasteiger partial charge is 0.497 e. The summed E-state index contributed by atoms with van der Waals surface area (Å²) in [6.45, 7) is 0. The number of ether oxygens (including phenoxy) is 1. The van der Waals surface area contributed by atoms with Crippen LogP contribution in [0.2, 0.25) is 0 Å². The molecule has 0 radical (unpaired) electrons. The number of hydrogen-bond donors (Lipinski definition) is 1. The molecule has 0 atom stereocenters. The highest BCUT2D eigenvalue weighted by Crippen LogP contribution is 2.13. The molecule has 0 saturated carbocycles. The van der Waals surface area contributed by atoms with Crippen LogP contribution in [0.15, 0.2) is 36.8 Å². The molecule has 0 fully saturated rings. The highest BCUT2D eigenvalue weighted by Gasteiger charge is 1.98. The molecule has 0 unspecified atom stereocenters. The number of nitrogens with one attached hydrogen (secondary N) is 1. The third-order valence-corrected chi connectivity index (χ3v) is 2.36. The number of H-pyrrole nitrogens is 1. The zero-order valence-corrected chi connectivity index (χ0v) is 8.73. The van der Waals surface area contributed by atoms with Crippen LogP contribution in [-0.4, -0.2) is 17.1 Å². The Hall–Kier alpha value is -1.77. The van der Waals surface area contributed by atoms with Crippen molar-refractivity contribution >= 4 is 0 Å². The molecule has 0 aliphatic carbocycles. The Bertz CT molecular complexity index is 409. The van der Waals surface area contributed by atoms with Gasteiger partial charge in [-0.3, -0.25) is 0 Å². The van der Waals surface area contributed by atoms with Gasteiger partial charge in [0, 0.05) is 6.20 Å². The van der Waals surface area contributed by atoms with Gasteiger partial charge in [0.2, 0.25) is 0 Å². The minimum atomic E-state index is 0.912. The zero-order valence-electron chi connectivity index (χ0n) is 8.73. The molecule has 1 N–H and O–H groups in total. The van der Waals surface area contributed by atoms with Gasteiger partial charge in [0.25, 0.3) is 0 Å². The molecular formula is C12H14N2O. The van der Waals surface area contributed by atoms with Crippen LogP contribution < -0.4 is 4.74 Å². The fraction of sp³-hybridized carbons (Fsp3) is 0.250. The van der Waals surface area contributed by atoms with Gasteiger partial charge in [-0.15, -0.1) is 0 Å². The van der Waals surface area contributed by atoms with E-state index in [4.69, 9.17) is 4.74 Å². The first-order chi connectivity index (χ1) is 7.38. The molecule has 3 heteroatoms. The molecule has 2 rings (SSSR count). The van der Waals surface area contributed by atoms with E-state index in [1.807, 2.05) is 18.3 Å². The molecule has 1 aromatic carbocycles. The van der Waals surface area contributed by atoms with Crippen LogP contribution in [0.3, 0.4) is 0 Å². The highest BCUT2D eigenvalue weighted by atomic mass is 16.5. The average Bonchev–Trinajstić information content (AvgIpc) is 2.79. The minimum absolute atomic E-state index is 0.912. The molecule has 2 aromatic rings. The molecule has 0 bridgehead atoms. The van der Waals surface area contributed by atoms with E-state index < -0.39 is 0 Å². The Labute approximate surface area is 89.1 Å². The van der Waals surface area contributed by atoms with Crippen LogP contribution >= 0.6 is 0 Å². The Morgan fingerprint density at radius 2 is 2.27 bits per heavy atom. The molecule has 1 aromatic heterocycles. The van der Waals surface area contributed by atoms with E-state index in [-0.39, 0.29) is 0 Å². The molecule has 15 heavy (non-hydrogen) atoms. The van der Waals surface area contributed by atoms with Gasteiger partial charge in [0.1, 0.15) is 5.75 Å². The quantitative estimate of drug-likeness (QED) is 0.825. The first kappa shape index (κ1) is 9.77. The summed E-state index contributed by atoms with van der Waals surface area (Å²) in [6, 6.07) is 8.14. The van der Waals surface area contributed by atoms with Crippen molar-refractivity contribution in [3.05, 3.63) is 48.0 Å². The van der Waals surface area contributed by atoms with Crippen molar-refractivity contribution < 1.29 is 4.74 Å². The molecule has 1 heterocycles. The van der Waals surface area contributed by atoms with E-state index in [1.54, 1.807) is 13.4 Å². The minimum Gasteiger partial charge on any atom is -0.497 e. The number of rotatable bonds is 4.